The van der Waals surface area contributed by atoms with Gasteiger partial charge in [-0.1, -0.05) is 50.6 Å². The molecule has 1 aliphatic carbocycles. The maximum absolute atomic E-state index is 6.37. The molecule has 1 aliphatic rings. The minimum Gasteiger partial charge on any atom is -0.313 e. The normalized spacial score (nSPS) is 27.5. The highest BCUT2D eigenvalue weighted by molar-refractivity contribution is 6.31. The maximum Gasteiger partial charge on any atom is 0.0438 e. The van der Waals surface area contributed by atoms with Gasteiger partial charge in [-0.3, -0.25) is 0 Å². The van der Waals surface area contributed by atoms with E-state index < -0.39 is 0 Å². The first-order valence-electron chi connectivity index (χ1n) is 8.56. The van der Waals surface area contributed by atoms with Crippen LogP contribution in [-0.2, 0) is 6.42 Å². The molecule has 0 bridgehead atoms. The zero-order valence-corrected chi connectivity index (χ0v) is 14.5. The summed E-state index contributed by atoms with van der Waals surface area (Å²) in [7, 11) is 0. The summed E-state index contributed by atoms with van der Waals surface area (Å²) < 4.78 is 0. The van der Waals surface area contributed by atoms with Gasteiger partial charge in [-0.2, -0.15) is 0 Å². The Labute approximate surface area is 135 Å². The second-order valence-electron chi connectivity index (χ2n) is 7.03. The third-order valence-electron chi connectivity index (χ3n) is 4.84. The van der Waals surface area contributed by atoms with Crippen LogP contribution in [0.5, 0.6) is 0 Å². The van der Waals surface area contributed by atoms with Crippen molar-refractivity contribution in [1.29, 1.82) is 0 Å². The van der Waals surface area contributed by atoms with Gasteiger partial charge < -0.3 is 5.32 Å². The summed E-state index contributed by atoms with van der Waals surface area (Å²) in [5, 5.41) is 4.71. The van der Waals surface area contributed by atoms with E-state index in [0.29, 0.717) is 6.04 Å². The molecular weight excluding hydrogens is 278 g/mol. The van der Waals surface area contributed by atoms with Crippen LogP contribution in [0.2, 0.25) is 5.02 Å². The highest BCUT2D eigenvalue weighted by Crippen LogP contribution is 2.36. The number of nitrogens with one attached hydrogen (secondary N) is 1. The van der Waals surface area contributed by atoms with Crippen LogP contribution >= 0.6 is 11.6 Å². The quantitative estimate of drug-likeness (QED) is 0.749. The van der Waals surface area contributed by atoms with Crippen LogP contribution in [0.15, 0.2) is 24.3 Å². The minimum atomic E-state index is 0.565. The summed E-state index contributed by atoms with van der Waals surface area (Å²) in [4.78, 5) is 0. The van der Waals surface area contributed by atoms with Crippen LogP contribution < -0.4 is 5.32 Å². The monoisotopic (exact) mass is 307 g/mol. The third-order valence-corrected chi connectivity index (χ3v) is 5.21. The molecule has 1 saturated carbocycles. The Hall–Kier alpha value is -0.530. The lowest BCUT2D eigenvalue weighted by Crippen LogP contribution is -2.41. The fraction of sp³-hybridized carbons (Fsp3) is 0.684. The zero-order valence-electron chi connectivity index (χ0n) is 13.7. The van der Waals surface area contributed by atoms with Gasteiger partial charge >= 0.3 is 0 Å². The van der Waals surface area contributed by atoms with Gasteiger partial charge in [-0.15, -0.1) is 0 Å². The summed E-state index contributed by atoms with van der Waals surface area (Å²) in [5.74, 6) is 2.50. The number of hydrogen-bond donors (Lipinski definition) is 1. The largest absolute Gasteiger partial charge is 0.313 e. The van der Waals surface area contributed by atoms with Crippen LogP contribution in [0, 0.1) is 17.8 Å². The molecule has 3 unspecified atom stereocenters. The Balaban J connectivity index is 2.08. The third kappa shape index (κ3) is 5.00. The van der Waals surface area contributed by atoms with Crippen LogP contribution in [0.3, 0.4) is 0 Å². The van der Waals surface area contributed by atoms with Crippen molar-refractivity contribution in [2.24, 2.45) is 17.8 Å². The molecule has 1 N–H and O–H groups in total. The predicted molar refractivity (Wildman–Crippen MR) is 92.9 cm³/mol. The molecule has 1 aromatic carbocycles. The lowest BCUT2D eigenvalue weighted by molar-refractivity contribution is 0.175. The molecule has 3 atom stereocenters. The lowest BCUT2D eigenvalue weighted by Gasteiger charge is -2.37. The van der Waals surface area contributed by atoms with E-state index >= 15 is 0 Å². The molecular formula is C19H30ClN. The standard InChI is InChI=1S/C19H30ClN/c1-4-9-21-19(13-16-7-5-6-8-18(16)20)17-11-14(2)10-15(3)12-17/h5-8,14-15,17,19,21H,4,9-13H2,1-3H3. The molecule has 0 amide bonds. The van der Waals surface area contributed by atoms with Crippen molar-refractivity contribution < 1.29 is 0 Å². The fourth-order valence-electron chi connectivity index (χ4n) is 3.97. The molecule has 0 aliphatic heterocycles. The van der Waals surface area contributed by atoms with Crippen LogP contribution in [0.1, 0.15) is 52.0 Å². The molecule has 0 spiro atoms. The molecule has 2 rings (SSSR count). The van der Waals surface area contributed by atoms with E-state index in [1.807, 2.05) is 12.1 Å². The van der Waals surface area contributed by atoms with Gasteiger partial charge in [-0.25, -0.2) is 0 Å². The van der Waals surface area contributed by atoms with Crippen molar-refractivity contribution >= 4 is 11.6 Å². The predicted octanol–water partition coefficient (Wildman–Crippen LogP) is 5.32. The van der Waals surface area contributed by atoms with Crippen molar-refractivity contribution in [3.8, 4) is 0 Å². The molecule has 118 valence electrons. The SMILES string of the molecule is CCCNC(Cc1ccccc1Cl)C1CC(C)CC(C)C1. The average Bonchev–Trinajstić information content (AvgIpc) is 2.44. The molecule has 21 heavy (non-hydrogen) atoms. The number of halogens is 1. The van der Waals surface area contributed by atoms with Crippen molar-refractivity contribution in [3.05, 3.63) is 34.9 Å². The summed E-state index contributed by atoms with van der Waals surface area (Å²) in [6, 6.07) is 8.88. The Bertz CT molecular complexity index is 421. The van der Waals surface area contributed by atoms with E-state index in [2.05, 4.69) is 38.2 Å². The van der Waals surface area contributed by atoms with Gasteiger partial charge in [0, 0.05) is 11.1 Å². The van der Waals surface area contributed by atoms with Gasteiger partial charge in [-0.05, 0) is 68.0 Å². The topological polar surface area (TPSA) is 12.0 Å². The molecule has 0 aromatic heterocycles. The number of benzene rings is 1. The number of hydrogen-bond acceptors (Lipinski definition) is 1. The summed E-state index contributed by atoms with van der Waals surface area (Å²) in [6.45, 7) is 8.17. The zero-order chi connectivity index (χ0) is 15.2. The smallest absolute Gasteiger partial charge is 0.0438 e. The first-order chi connectivity index (χ1) is 10.1. The minimum absolute atomic E-state index is 0.565. The highest BCUT2D eigenvalue weighted by atomic mass is 35.5. The summed E-state index contributed by atoms with van der Waals surface area (Å²) in [6.07, 6.45) is 6.36. The first kappa shape index (κ1) is 16.8. The van der Waals surface area contributed by atoms with Gasteiger partial charge in [0.15, 0.2) is 0 Å². The number of rotatable bonds is 6. The van der Waals surface area contributed by atoms with Gasteiger partial charge in [0.2, 0.25) is 0 Å². The molecule has 0 saturated heterocycles. The average molecular weight is 308 g/mol. The Morgan fingerprint density at radius 3 is 2.43 bits per heavy atom. The molecule has 1 fully saturated rings. The van der Waals surface area contributed by atoms with E-state index in [-0.39, 0.29) is 0 Å². The van der Waals surface area contributed by atoms with E-state index in [1.165, 1.54) is 31.2 Å². The summed E-state index contributed by atoms with van der Waals surface area (Å²) in [5.41, 5.74) is 1.29. The van der Waals surface area contributed by atoms with E-state index in [1.54, 1.807) is 0 Å². The van der Waals surface area contributed by atoms with Crippen molar-refractivity contribution in [2.45, 2.75) is 58.9 Å². The van der Waals surface area contributed by atoms with Crippen LogP contribution in [-0.4, -0.2) is 12.6 Å². The van der Waals surface area contributed by atoms with Crippen LogP contribution in [0.4, 0.5) is 0 Å². The van der Waals surface area contributed by atoms with Crippen molar-refractivity contribution in [2.75, 3.05) is 6.54 Å². The summed E-state index contributed by atoms with van der Waals surface area (Å²) >= 11 is 6.37. The van der Waals surface area contributed by atoms with E-state index in [0.717, 1.165) is 35.7 Å². The first-order valence-corrected chi connectivity index (χ1v) is 8.94. The second-order valence-corrected chi connectivity index (χ2v) is 7.44. The van der Waals surface area contributed by atoms with Gasteiger partial charge in [0.05, 0.1) is 0 Å². The second kappa shape index (κ2) is 8.19. The van der Waals surface area contributed by atoms with Gasteiger partial charge in [0.1, 0.15) is 0 Å². The Morgan fingerprint density at radius 1 is 1.14 bits per heavy atom. The van der Waals surface area contributed by atoms with E-state index in [4.69, 9.17) is 11.6 Å². The molecule has 0 radical (unpaired) electrons. The Morgan fingerprint density at radius 2 is 1.81 bits per heavy atom. The highest BCUT2D eigenvalue weighted by Gasteiger charge is 2.30. The van der Waals surface area contributed by atoms with Crippen molar-refractivity contribution in [1.82, 2.24) is 5.32 Å². The lowest BCUT2D eigenvalue weighted by atomic mass is 9.72. The van der Waals surface area contributed by atoms with Gasteiger partial charge in [0.25, 0.3) is 0 Å². The van der Waals surface area contributed by atoms with Crippen molar-refractivity contribution in [3.63, 3.8) is 0 Å². The molecule has 1 nitrogen and oxygen atoms in total. The molecule has 2 heteroatoms. The molecule has 0 heterocycles. The van der Waals surface area contributed by atoms with E-state index in [9.17, 15) is 0 Å². The maximum atomic E-state index is 6.37. The van der Waals surface area contributed by atoms with Crippen LogP contribution in [0.25, 0.3) is 0 Å². The Kier molecular flexibility index (Phi) is 6.57. The fourth-order valence-corrected chi connectivity index (χ4v) is 4.19. The molecule has 1 aromatic rings.